The molecule has 0 amide bonds. The first-order valence-corrected chi connectivity index (χ1v) is 6.23. The summed E-state index contributed by atoms with van der Waals surface area (Å²) < 4.78 is 42.2. The fraction of sp³-hybridized carbons (Fsp3) is 0.500. The molecule has 0 aromatic carbocycles. The molecule has 1 aliphatic heterocycles. The van der Waals surface area contributed by atoms with Crippen molar-refractivity contribution < 1.29 is 13.2 Å². The van der Waals surface area contributed by atoms with Gasteiger partial charge < -0.3 is 5.32 Å². The number of anilines is 1. The Morgan fingerprint density at radius 2 is 2.15 bits per heavy atom. The molecule has 2 atom stereocenters. The number of rotatable bonds is 1. The van der Waals surface area contributed by atoms with Crippen LogP contribution in [0.2, 0.25) is 0 Å². The van der Waals surface area contributed by atoms with Crippen molar-refractivity contribution in [3.63, 3.8) is 0 Å². The van der Waals surface area contributed by atoms with Crippen molar-refractivity contribution >= 4 is 5.82 Å². The molecule has 8 heteroatoms. The van der Waals surface area contributed by atoms with Gasteiger partial charge in [-0.05, 0) is 6.92 Å². The number of nitrogens with one attached hydrogen (secondary N) is 1. The lowest BCUT2D eigenvalue weighted by atomic mass is 9.97. The first-order valence-electron chi connectivity index (χ1n) is 6.23. The van der Waals surface area contributed by atoms with Crippen molar-refractivity contribution in [3.05, 3.63) is 29.7 Å². The highest BCUT2D eigenvalue weighted by Gasteiger charge is 2.46. The first kappa shape index (κ1) is 13.0. The summed E-state index contributed by atoms with van der Waals surface area (Å²) in [5.41, 5.74) is 1.52. The zero-order chi connectivity index (χ0) is 14.5. The summed E-state index contributed by atoms with van der Waals surface area (Å²) in [5.74, 6) is 0.381. The predicted molar refractivity (Wildman–Crippen MR) is 66.2 cm³/mol. The molecule has 0 aliphatic carbocycles. The Morgan fingerprint density at radius 1 is 1.40 bits per heavy atom. The molecule has 0 radical (unpaired) electrons. The number of aromatic nitrogens is 4. The van der Waals surface area contributed by atoms with E-state index in [-0.39, 0.29) is 6.42 Å². The van der Waals surface area contributed by atoms with E-state index in [0.29, 0.717) is 5.82 Å². The van der Waals surface area contributed by atoms with E-state index >= 15 is 0 Å². The highest BCUT2D eigenvalue weighted by molar-refractivity contribution is 5.42. The molecule has 3 heterocycles. The number of alkyl halides is 3. The third kappa shape index (κ3) is 2.04. The van der Waals surface area contributed by atoms with Crippen LogP contribution >= 0.6 is 0 Å². The molecule has 0 bridgehead atoms. The van der Waals surface area contributed by atoms with E-state index in [2.05, 4.69) is 15.5 Å². The molecular formula is C12H14F3N5. The molecule has 108 valence electrons. The minimum Gasteiger partial charge on any atom is -0.363 e. The monoisotopic (exact) mass is 285 g/mol. The number of hydrogen-bond acceptors (Lipinski definition) is 3. The van der Waals surface area contributed by atoms with E-state index in [1.165, 1.54) is 6.20 Å². The Kier molecular flexibility index (Phi) is 2.77. The Labute approximate surface area is 113 Å². The molecular weight excluding hydrogens is 271 g/mol. The number of hydrogen-bond donors (Lipinski definition) is 1. The second kappa shape index (κ2) is 4.26. The lowest BCUT2D eigenvalue weighted by molar-refractivity contribution is -0.173. The van der Waals surface area contributed by atoms with Gasteiger partial charge in [-0.3, -0.25) is 4.68 Å². The number of nitrogens with zero attached hydrogens (tertiary/aromatic N) is 4. The predicted octanol–water partition coefficient (Wildman–Crippen LogP) is 2.59. The van der Waals surface area contributed by atoms with E-state index in [4.69, 9.17) is 0 Å². The fourth-order valence-electron chi connectivity index (χ4n) is 2.67. The molecule has 0 saturated carbocycles. The van der Waals surface area contributed by atoms with Gasteiger partial charge in [0.1, 0.15) is 5.82 Å². The molecule has 5 nitrogen and oxygen atoms in total. The summed E-state index contributed by atoms with van der Waals surface area (Å²) in [6, 6.07) is -0.478. The summed E-state index contributed by atoms with van der Waals surface area (Å²) >= 11 is 0. The van der Waals surface area contributed by atoms with Gasteiger partial charge in [0.2, 0.25) is 0 Å². The Hall–Kier alpha value is -1.99. The van der Waals surface area contributed by atoms with Gasteiger partial charge in [0.05, 0.1) is 17.9 Å². The molecule has 0 spiro atoms. The lowest BCUT2D eigenvalue weighted by Crippen LogP contribution is -2.35. The molecule has 0 fully saturated rings. The third-order valence-electron chi connectivity index (χ3n) is 3.55. The van der Waals surface area contributed by atoms with Gasteiger partial charge in [0.25, 0.3) is 0 Å². The largest absolute Gasteiger partial charge is 0.410 e. The van der Waals surface area contributed by atoms with Crippen LogP contribution in [0.15, 0.2) is 18.5 Å². The fourth-order valence-corrected chi connectivity index (χ4v) is 2.67. The maximum atomic E-state index is 13.2. The van der Waals surface area contributed by atoms with Crippen LogP contribution in [0.1, 0.15) is 29.8 Å². The van der Waals surface area contributed by atoms with Crippen molar-refractivity contribution in [2.75, 3.05) is 5.32 Å². The highest BCUT2D eigenvalue weighted by atomic mass is 19.4. The average molecular weight is 285 g/mol. The zero-order valence-corrected chi connectivity index (χ0v) is 11.0. The number of fused-ring (bicyclic) bond motifs is 1. The maximum Gasteiger partial charge on any atom is 0.410 e. The lowest BCUT2D eigenvalue weighted by Gasteiger charge is -2.33. The second-order valence-corrected chi connectivity index (χ2v) is 4.99. The van der Waals surface area contributed by atoms with E-state index in [1.807, 2.05) is 0 Å². The van der Waals surface area contributed by atoms with Gasteiger partial charge >= 0.3 is 6.18 Å². The van der Waals surface area contributed by atoms with Crippen molar-refractivity contribution in [1.29, 1.82) is 0 Å². The summed E-state index contributed by atoms with van der Waals surface area (Å²) in [5, 5.41) is 11.1. The van der Waals surface area contributed by atoms with E-state index in [9.17, 15) is 13.2 Å². The minimum atomic E-state index is -4.32. The van der Waals surface area contributed by atoms with Crippen LogP contribution in [0.3, 0.4) is 0 Å². The van der Waals surface area contributed by atoms with Crippen molar-refractivity contribution in [1.82, 2.24) is 19.6 Å². The third-order valence-corrected chi connectivity index (χ3v) is 3.55. The van der Waals surface area contributed by atoms with Gasteiger partial charge in [0, 0.05) is 31.3 Å². The van der Waals surface area contributed by atoms with Crippen molar-refractivity contribution in [3.8, 4) is 0 Å². The second-order valence-electron chi connectivity index (χ2n) is 4.99. The van der Waals surface area contributed by atoms with Gasteiger partial charge in [-0.2, -0.15) is 23.4 Å². The Morgan fingerprint density at radius 3 is 2.75 bits per heavy atom. The molecule has 0 unspecified atom stereocenters. The number of aryl methyl sites for hydroxylation is 2. The maximum absolute atomic E-state index is 13.2. The van der Waals surface area contributed by atoms with E-state index in [0.717, 1.165) is 15.9 Å². The number of halogens is 3. The SMILES string of the molecule is Cc1nn(C)cc1[C@H]1C[C@H](C(F)(F)F)n2nccc2N1. The summed E-state index contributed by atoms with van der Waals surface area (Å²) in [6.45, 7) is 1.80. The Balaban J connectivity index is 2.00. The van der Waals surface area contributed by atoms with E-state index < -0.39 is 18.3 Å². The van der Waals surface area contributed by atoms with Crippen LogP contribution < -0.4 is 5.32 Å². The molecule has 2 aromatic heterocycles. The van der Waals surface area contributed by atoms with Crippen LogP contribution in [0.5, 0.6) is 0 Å². The molecule has 1 N–H and O–H groups in total. The van der Waals surface area contributed by atoms with E-state index in [1.54, 1.807) is 30.9 Å². The topological polar surface area (TPSA) is 47.7 Å². The standard InChI is InChI=1S/C12H14F3N5/c1-7-8(6-19(2)18-7)9-5-10(12(13,14)15)20-11(17-9)3-4-16-20/h3-4,6,9-10,17H,5H2,1-2H3/t9-,10-/m1/s1. The minimum absolute atomic E-state index is 0.0925. The van der Waals surface area contributed by atoms with Gasteiger partial charge in [-0.25, -0.2) is 4.68 Å². The van der Waals surface area contributed by atoms with Gasteiger partial charge in [-0.1, -0.05) is 0 Å². The zero-order valence-electron chi connectivity index (χ0n) is 11.0. The van der Waals surface area contributed by atoms with Crippen LogP contribution in [0.4, 0.5) is 19.0 Å². The van der Waals surface area contributed by atoms with Gasteiger partial charge in [-0.15, -0.1) is 0 Å². The van der Waals surface area contributed by atoms with Crippen molar-refractivity contribution in [2.45, 2.75) is 31.6 Å². The molecule has 20 heavy (non-hydrogen) atoms. The molecule has 0 saturated heterocycles. The summed E-state index contributed by atoms with van der Waals surface area (Å²) in [7, 11) is 1.75. The van der Waals surface area contributed by atoms with Crippen LogP contribution in [0.25, 0.3) is 0 Å². The van der Waals surface area contributed by atoms with Crippen LogP contribution in [0, 0.1) is 6.92 Å². The quantitative estimate of drug-likeness (QED) is 0.876. The molecule has 2 aromatic rings. The normalized spacial score (nSPS) is 22.4. The highest BCUT2D eigenvalue weighted by Crippen LogP contribution is 2.43. The smallest absolute Gasteiger partial charge is 0.363 e. The Bertz CT molecular complexity index is 627. The van der Waals surface area contributed by atoms with Crippen LogP contribution in [-0.2, 0) is 7.05 Å². The average Bonchev–Trinajstić information content (AvgIpc) is 2.92. The summed E-state index contributed by atoms with van der Waals surface area (Å²) in [4.78, 5) is 0. The first-order chi connectivity index (χ1) is 9.36. The molecule has 3 rings (SSSR count). The molecule has 1 aliphatic rings. The van der Waals surface area contributed by atoms with Crippen molar-refractivity contribution in [2.24, 2.45) is 7.05 Å². The summed E-state index contributed by atoms with van der Waals surface area (Å²) in [6.07, 6.45) is -1.28. The van der Waals surface area contributed by atoms with Crippen LogP contribution in [-0.4, -0.2) is 25.7 Å². The van der Waals surface area contributed by atoms with Gasteiger partial charge in [0.15, 0.2) is 6.04 Å².